The summed E-state index contributed by atoms with van der Waals surface area (Å²) in [6.45, 7) is 0. The molecule has 0 fully saturated rings. The summed E-state index contributed by atoms with van der Waals surface area (Å²) < 4.78 is 38.5. The summed E-state index contributed by atoms with van der Waals surface area (Å²) >= 11 is 0. The minimum absolute atomic E-state index is 0.158. The first-order valence-electron chi connectivity index (χ1n) is 8.99. The number of hydrogen-bond donors (Lipinski definition) is 1. The number of aromatic nitrogens is 3. The number of aromatic amines is 1. The Morgan fingerprint density at radius 3 is 2.07 bits per heavy atom. The summed E-state index contributed by atoms with van der Waals surface area (Å²) in [5, 5.41) is 10.4. The maximum absolute atomic E-state index is 12.8. The Balaban J connectivity index is 1.57. The lowest BCUT2D eigenvalue weighted by Gasteiger charge is -2.07. The van der Waals surface area contributed by atoms with Crippen LogP contribution < -0.4 is 0 Å². The van der Waals surface area contributed by atoms with Crippen molar-refractivity contribution in [2.75, 3.05) is 0 Å². The van der Waals surface area contributed by atoms with E-state index in [2.05, 4.69) is 40.4 Å². The standard InChI is InChI=1S/C23H14F3N3/c24-23(25,26)22-13-21(28-29-22)20-12-18(7-8-27-20)16-5-6-17-9-14-3-1-2-4-15(14)10-19(17)11-16/h1-13H,(H,28,29). The fourth-order valence-electron chi connectivity index (χ4n) is 3.47. The van der Waals surface area contributed by atoms with Crippen molar-refractivity contribution in [3.05, 3.63) is 84.7 Å². The predicted octanol–water partition coefficient (Wildman–Crippen LogP) is 6.46. The molecule has 5 rings (SSSR count). The van der Waals surface area contributed by atoms with Crippen molar-refractivity contribution >= 4 is 21.5 Å². The summed E-state index contributed by atoms with van der Waals surface area (Å²) in [4.78, 5) is 4.18. The van der Waals surface area contributed by atoms with E-state index in [-0.39, 0.29) is 5.69 Å². The van der Waals surface area contributed by atoms with Gasteiger partial charge < -0.3 is 0 Å². The second-order valence-corrected chi connectivity index (χ2v) is 6.86. The van der Waals surface area contributed by atoms with Crippen LogP contribution >= 0.6 is 0 Å². The second kappa shape index (κ2) is 6.44. The summed E-state index contributed by atoms with van der Waals surface area (Å²) in [6.07, 6.45) is -2.89. The monoisotopic (exact) mass is 389 g/mol. The Morgan fingerprint density at radius 2 is 1.34 bits per heavy atom. The van der Waals surface area contributed by atoms with Crippen molar-refractivity contribution in [3.8, 4) is 22.5 Å². The quantitative estimate of drug-likeness (QED) is 0.352. The van der Waals surface area contributed by atoms with E-state index in [9.17, 15) is 13.2 Å². The van der Waals surface area contributed by atoms with Gasteiger partial charge in [0.25, 0.3) is 0 Å². The number of nitrogens with zero attached hydrogens (tertiary/aromatic N) is 2. The van der Waals surface area contributed by atoms with Gasteiger partial charge in [-0.05, 0) is 69.1 Å². The van der Waals surface area contributed by atoms with Crippen LogP contribution in [-0.2, 0) is 6.18 Å². The molecular formula is C23H14F3N3. The highest BCUT2D eigenvalue weighted by atomic mass is 19.4. The molecule has 0 aliphatic heterocycles. The van der Waals surface area contributed by atoms with Gasteiger partial charge in [0.2, 0.25) is 0 Å². The number of fused-ring (bicyclic) bond motifs is 2. The van der Waals surface area contributed by atoms with E-state index >= 15 is 0 Å². The SMILES string of the molecule is FC(F)(F)c1cc(-c2cc(-c3ccc4cc5ccccc5cc4c3)ccn2)n[nH]1. The van der Waals surface area contributed by atoms with Crippen LogP contribution in [-0.4, -0.2) is 15.2 Å². The molecule has 6 heteroatoms. The fourth-order valence-corrected chi connectivity index (χ4v) is 3.47. The van der Waals surface area contributed by atoms with Crippen molar-refractivity contribution in [2.45, 2.75) is 6.18 Å². The molecular weight excluding hydrogens is 375 g/mol. The number of alkyl halides is 3. The topological polar surface area (TPSA) is 41.6 Å². The van der Waals surface area contributed by atoms with Gasteiger partial charge in [0.1, 0.15) is 11.4 Å². The zero-order valence-corrected chi connectivity index (χ0v) is 15.0. The van der Waals surface area contributed by atoms with E-state index < -0.39 is 11.9 Å². The van der Waals surface area contributed by atoms with E-state index in [4.69, 9.17) is 0 Å². The molecule has 0 unspecified atom stereocenters. The molecule has 2 heterocycles. The lowest BCUT2D eigenvalue weighted by atomic mass is 9.98. The number of H-pyrrole nitrogens is 1. The van der Waals surface area contributed by atoms with Gasteiger partial charge >= 0.3 is 6.18 Å². The average molecular weight is 389 g/mol. The van der Waals surface area contributed by atoms with E-state index in [1.807, 2.05) is 35.4 Å². The molecule has 0 saturated heterocycles. The van der Waals surface area contributed by atoms with Crippen LogP contribution in [0.1, 0.15) is 5.69 Å². The highest BCUT2D eigenvalue weighted by Gasteiger charge is 2.33. The van der Waals surface area contributed by atoms with Crippen LogP contribution in [0.4, 0.5) is 13.2 Å². The normalized spacial score (nSPS) is 12.0. The van der Waals surface area contributed by atoms with E-state index in [1.54, 1.807) is 12.3 Å². The highest BCUT2D eigenvalue weighted by molar-refractivity contribution is 5.99. The zero-order chi connectivity index (χ0) is 20.0. The molecule has 0 aliphatic rings. The van der Waals surface area contributed by atoms with Crippen LogP contribution in [0.3, 0.4) is 0 Å². The van der Waals surface area contributed by atoms with Crippen molar-refractivity contribution in [3.63, 3.8) is 0 Å². The molecule has 0 amide bonds. The zero-order valence-electron chi connectivity index (χ0n) is 15.0. The molecule has 5 aromatic rings. The maximum atomic E-state index is 12.8. The van der Waals surface area contributed by atoms with Crippen molar-refractivity contribution in [1.29, 1.82) is 0 Å². The Bertz CT molecular complexity index is 1350. The molecule has 142 valence electrons. The van der Waals surface area contributed by atoms with E-state index in [0.717, 1.165) is 33.4 Å². The Morgan fingerprint density at radius 1 is 0.655 bits per heavy atom. The molecule has 0 atom stereocenters. The largest absolute Gasteiger partial charge is 0.432 e. The number of hydrogen-bond acceptors (Lipinski definition) is 2. The number of nitrogens with one attached hydrogen (secondary N) is 1. The third kappa shape index (κ3) is 3.23. The third-order valence-electron chi connectivity index (χ3n) is 4.94. The smallest absolute Gasteiger partial charge is 0.273 e. The van der Waals surface area contributed by atoms with Crippen molar-refractivity contribution < 1.29 is 13.2 Å². The van der Waals surface area contributed by atoms with Gasteiger partial charge in [-0.25, -0.2) is 0 Å². The predicted molar refractivity (Wildman–Crippen MR) is 107 cm³/mol. The van der Waals surface area contributed by atoms with Gasteiger partial charge in [0.15, 0.2) is 0 Å². The molecule has 2 aromatic heterocycles. The first-order chi connectivity index (χ1) is 14.0. The first kappa shape index (κ1) is 17.4. The lowest BCUT2D eigenvalue weighted by molar-refractivity contribution is -0.141. The molecule has 0 spiro atoms. The Kier molecular flexibility index (Phi) is 3.87. The number of pyridine rings is 1. The summed E-state index contributed by atoms with van der Waals surface area (Å²) in [5.74, 6) is 0. The Hall–Kier alpha value is -3.67. The summed E-state index contributed by atoms with van der Waals surface area (Å²) in [5.41, 5.74) is 1.47. The average Bonchev–Trinajstić information content (AvgIpc) is 3.23. The molecule has 3 aromatic carbocycles. The summed E-state index contributed by atoms with van der Waals surface area (Å²) in [6, 6.07) is 23.1. The molecule has 0 saturated carbocycles. The lowest BCUT2D eigenvalue weighted by Crippen LogP contribution is -2.04. The van der Waals surface area contributed by atoms with Gasteiger partial charge in [0.05, 0.1) is 5.69 Å². The van der Waals surface area contributed by atoms with E-state index in [0.29, 0.717) is 5.69 Å². The highest BCUT2D eigenvalue weighted by Crippen LogP contribution is 2.32. The Labute approximate surface area is 163 Å². The third-order valence-corrected chi connectivity index (χ3v) is 4.94. The van der Waals surface area contributed by atoms with Crippen LogP contribution in [0, 0.1) is 0 Å². The molecule has 3 nitrogen and oxygen atoms in total. The second-order valence-electron chi connectivity index (χ2n) is 6.86. The van der Waals surface area contributed by atoms with Crippen LogP contribution in [0.15, 0.2) is 79.0 Å². The van der Waals surface area contributed by atoms with Gasteiger partial charge in [-0.3, -0.25) is 10.1 Å². The molecule has 1 N–H and O–H groups in total. The van der Waals surface area contributed by atoms with Gasteiger partial charge in [-0.2, -0.15) is 18.3 Å². The number of rotatable bonds is 2. The maximum Gasteiger partial charge on any atom is 0.432 e. The van der Waals surface area contributed by atoms with Gasteiger partial charge in [-0.15, -0.1) is 0 Å². The number of benzene rings is 3. The van der Waals surface area contributed by atoms with Crippen LogP contribution in [0.25, 0.3) is 44.1 Å². The minimum atomic E-state index is -4.47. The molecule has 0 radical (unpaired) electrons. The van der Waals surface area contributed by atoms with E-state index in [1.165, 1.54) is 5.39 Å². The molecule has 29 heavy (non-hydrogen) atoms. The van der Waals surface area contributed by atoms with Gasteiger partial charge in [0, 0.05) is 6.20 Å². The minimum Gasteiger partial charge on any atom is -0.273 e. The van der Waals surface area contributed by atoms with Crippen molar-refractivity contribution in [2.24, 2.45) is 0 Å². The van der Waals surface area contributed by atoms with Crippen LogP contribution in [0.5, 0.6) is 0 Å². The van der Waals surface area contributed by atoms with Crippen LogP contribution in [0.2, 0.25) is 0 Å². The molecule has 0 bridgehead atoms. The molecule has 0 aliphatic carbocycles. The fraction of sp³-hybridized carbons (Fsp3) is 0.0435. The first-order valence-corrected chi connectivity index (χ1v) is 8.99. The van der Waals surface area contributed by atoms with Gasteiger partial charge in [-0.1, -0.05) is 36.4 Å². The number of halogens is 3. The van der Waals surface area contributed by atoms with Crippen molar-refractivity contribution in [1.82, 2.24) is 15.2 Å². The summed E-state index contributed by atoms with van der Waals surface area (Å²) in [7, 11) is 0.